The lowest BCUT2D eigenvalue weighted by atomic mass is 10.2. The molecule has 0 radical (unpaired) electrons. The Labute approximate surface area is 154 Å². The van der Waals surface area contributed by atoms with Gasteiger partial charge >= 0.3 is 0 Å². The molecule has 26 heavy (non-hydrogen) atoms. The Balaban J connectivity index is 1.33. The lowest BCUT2D eigenvalue weighted by Crippen LogP contribution is -2.43. The molecule has 0 bridgehead atoms. The van der Waals surface area contributed by atoms with Gasteiger partial charge in [-0.25, -0.2) is 19.6 Å². The average Bonchev–Trinajstić information content (AvgIpc) is 3.23. The van der Waals surface area contributed by atoms with Gasteiger partial charge in [0.15, 0.2) is 17.0 Å². The van der Waals surface area contributed by atoms with Gasteiger partial charge < -0.3 is 10.5 Å². The molecule has 2 aliphatic rings. The molecule has 3 aromatic heterocycles. The predicted molar refractivity (Wildman–Crippen MR) is 96.6 cm³/mol. The Morgan fingerprint density at radius 1 is 1.31 bits per heavy atom. The summed E-state index contributed by atoms with van der Waals surface area (Å²) in [4.78, 5) is 15.8. The minimum Gasteiger partial charge on any atom is -0.382 e. The molecule has 1 aliphatic heterocycles. The number of hydrogen-bond acceptors (Lipinski definition) is 9. The van der Waals surface area contributed by atoms with E-state index in [1.165, 1.54) is 0 Å². The van der Waals surface area contributed by atoms with Gasteiger partial charge in [-0.05, 0) is 12.8 Å². The Kier molecular flexibility index (Phi) is 4.03. The largest absolute Gasteiger partial charge is 0.382 e. The summed E-state index contributed by atoms with van der Waals surface area (Å²) in [5.41, 5.74) is 7.34. The number of nitrogens with two attached hydrogens (primary N) is 1. The lowest BCUT2D eigenvalue weighted by Gasteiger charge is -2.32. The fourth-order valence-corrected chi connectivity index (χ4v) is 3.95. The van der Waals surface area contributed by atoms with Crippen molar-refractivity contribution in [1.29, 1.82) is 0 Å². The van der Waals surface area contributed by atoms with Gasteiger partial charge in [-0.15, -0.1) is 16.4 Å². The first-order valence-electron chi connectivity index (χ1n) is 8.85. The molecule has 0 spiro atoms. The van der Waals surface area contributed by atoms with Gasteiger partial charge in [0, 0.05) is 30.6 Å². The van der Waals surface area contributed by atoms with E-state index in [1.54, 1.807) is 16.0 Å². The van der Waals surface area contributed by atoms with Crippen LogP contribution < -0.4 is 5.73 Å². The Bertz CT molecular complexity index is 907. The van der Waals surface area contributed by atoms with Crippen LogP contribution in [-0.4, -0.2) is 60.6 Å². The number of thiazole rings is 1. The zero-order valence-electron chi connectivity index (χ0n) is 14.3. The summed E-state index contributed by atoms with van der Waals surface area (Å²) in [6, 6.07) is 0. The second-order valence-electron chi connectivity index (χ2n) is 6.84. The lowest BCUT2D eigenvalue weighted by molar-refractivity contribution is -0.0399. The molecule has 0 amide bonds. The van der Waals surface area contributed by atoms with Crippen molar-refractivity contribution < 1.29 is 4.74 Å². The van der Waals surface area contributed by atoms with Gasteiger partial charge in [0.2, 0.25) is 0 Å². The molecule has 5 rings (SSSR count). The number of aromatic nitrogens is 6. The highest BCUT2D eigenvalue weighted by Crippen LogP contribution is 2.38. The molecule has 1 atom stereocenters. The van der Waals surface area contributed by atoms with Gasteiger partial charge in [-0.1, -0.05) is 5.21 Å². The second-order valence-corrected chi connectivity index (χ2v) is 7.82. The van der Waals surface area contributed by atoms with E-state index in [9.17, 15) is 0 Å². The zero-order valence-corrected chi connectivity index (χ0v) is 15.1. The van der Waals surface area contributed by atoms with Crippen molar-refractivity contribution in [2.75, 3.05) is 25.4 Å². The highest BCUT2D eigenvalue weighted by molar-refractivity contribution is 7.09. The molecule has 1 saturated carbocycles. The maximum atomic E-state index is 6.05. The predicted octanol–water partition coefficient (Wildman–Crippen LogP) is 1.04. The molecule has 1 aliphatic carbocycles. The van der Waals surface area contributed by atoms with Crippen molar-refractivity contribution >= 4 is 28.3 Å². The number of nitrogen functional groups attached to an aromatic ring is 1. The van der Waals surface area contributed by atoms with Crippen LogP contribution in [0.3, 0.4) is 0 Å². The van der Waals surface area contributed by atoms with Crippen molar-refractivity contribution in [3.8, 4) is 0 Å². The zero-order chi connectivity index (χ0) is 17.5. The number of nitrogens with zero attached hydrogens (tertiary/aromatic N) is 7. The van der Waals surface area contributed by atoms with E-state index in [0.29, 0.717) is 36.1 Å². The van der Waals surface area contributed by atoms with Gasteiger partial charge in [-0.3, -0.25) is 4.90 Å². The van der Waals surface area contributed by atoms with Crippen LogP contribution in [0.1, 0.15) is 29.6 Å². The smallest absolute Gasteiger partial charge is 0.184 e. The number of anilines is 1. The molecule has 1 saturated heterocycles. The highest BCUT2D eigenvalue weighted by atomic mass is 32.1. The van der Waals surface area contributed by atoms with Gasteiger partial charge in [0.05, 0.1) is 25.8 Å². The molecule has 0 aromatic carbocycles. The summed E-state index contributed by atoms with van der Waals surface area (Å²) in [6.45, 7) is 3.90. The molecule has 10 heteroatoms. The Hall–Kier alpha value is -2.17. The Morgan fingerprint density at radius 2 is 2.23 bits per heavy atom. The first-order valence-corrected chi connectivity index (χ1v) is 9.73. The fraction of sp³-hybridized carbons (Fsp3) is 0.562. The Morgan fingerprint density at radius 3 is 3.04 bits per heavy atom. The number of fused-ring (bicyclic) bond motifs is 1. The van der Waals surface area contributed by atoms with E-state index >= 15 is 0 Å². The quantitative estimate of drug-likeness (QED) is 0.708. The van der Waals surface area contributed by atoms with E-state index in [-0.39, 0.29) is 6.10 Å². The van der Waals surface area contributed by atoms with Crippen molar-refractivity contribution in [1.82, 2.24) is 34.8 Å². The number of rotatable bonds is 5. The molecule has 2 fully saturated rings. The van der Waals surface area contributed by atoms with E-state index in [1.807, 2.05) is 11.6 Å². The molecule has 4 heterocycles. The van der Waals surface area contributed by atoms with E-state index in [4.69, 9.17) is 10.5 Å². The summed E-state index contributed by atoms with van der Waals surface area (Å²) in [5, 5.41) is 11.6. The van der Waals surface area contributed by atoms with Crippen molar-refractivity contribution in [2.45, 2.75) is 38.0 Å². The van der Waals surface area contributed by atoms with Crippen molar-refractivity contribution in [3.05, 3.63) is 22.4 Å². The normalized spacial score (nSPS) is 21.5. The number of hydrogen-bond donors (Lipinski definition) is 1. The van der Waals surface area contributed by atoms with Crippen LogP contribution in [0.5, 0.6) is 0 Å². The number of ether oxygens (including phenoxy) is 1. The molecule has 2 N–H and O–H groups in total. The summed E-state index contributed by atoms with van der Waals surface area (Å²) in [6.07, 6.45) is 4.14. The fourth-order valence-electron chi connectivity index (χ4n) is 3.29. The molecular formula is C16H20N8OS. The van der Waals surface area contributed by atoms with Gasteiger partial charge in [0.25, 0.3) is 0 Å². The van der Waals surface area contributed by atoms with Crippen molar-refractivity contribution in [2.24, 2.45) is 0 Å². The van der Waals surface area contributed by atoms with Crippen LogP contribution in [0.2, 0.25) is 0 Å². The van der Waals surface area contributed by atoms with E-state index in [2.05, 4.69) is 30.2 Å². The molecular weight excluding hydrogens is 352 g/mol. The molecule has 136 valence electrons. The van der Waals surface area contributed by atoms with E-state index in [0.717, 1.165) is 43.3 Å². The summed E-state index contributed by atoms with van der Waals surface area (Å²) >= 11 is 1.68. The van der Waals surface area contributed by atoms with Gasteiger partial charge in [-0.2, -0.15) is 0 Å². The minimum absolute atomic E-state index is 0.0363. The second kappa shape index (κ2) is 6.53. The summed E-state index contributed by atoms with van der Waals surface area (Å²) < 4.78 is 7.75. The standard InChI is InChI=1S/C16H20N8OS/c17-14-13-16(20-15(19-14)10-1-2-10)24(22-21-13)8-11-7-23(4-5-25-11)9-12-18-3-6-26-12/h3,6,10-11H,1-2,4-5,7-9H2,(H2,17,19,20)/t11-/m1/s1. The third-order valence-corrected chi connectivity index (χ3v) is 5.56. The van der Waals surface area contributed by atoms with Crippen LogP contribution >= 0.6 is 11.3 Å². The maximum Gasteiger partial charge on any atom is 0.184 e. The highest BCUT2D eigenvalue weighted by Gasteiger charge is 2.29. The topological polar surface area (TPSA) is 108 Å². The van der Waals surface area contributed by atoms with Crippen LogP contribution in [0, 0.1) is 0 Å². The number of morpholine rings is 1. The average molecular weight is 372 g/mol. The first-order chi connectivity index (χ1) is 12.8. The third-order valence-electron chi connectivity index (χ3n) is 4.79. The third kappa shape index (κ3) is 3.15. The van der Waals surface area contributed by atoms with Crippen molar-refractivity contribution in [3.63, 3.8) is 0 Å². The molecule has 0 unspecified atom stereocenters. The van der Waals surface area contributed by atoms with E-state index < -0.39 is 0 Å². The van der Waals surface area contributed by atoms with Crippen LogP contribution in [0.15, 0.2) is 11.6 Å². The minimum atomic E-state index is 0.0363. The van der Waals surface area contributed by atoms with Gasteiger partial charge in [0.1, 0.15) is 10.8 Å². The summed E-state index contributed by atoms with van der Waals surface area (Å²) in [7, 11) is 0. The molecule has 9 nitrogen and oxygen atoms in total. The molecule has 3 aromatic rings. The first kappa shape index (κ1) is 16.0. The van der Waals surface area contributed by atoms with Crippen LogP contribution in [-0.2, 0) is 17.8 Å². The summed E-state index contributed by atoms with van der Waals surface area (Å²) in [5.74, 6) is 1.66. The monoisotopic (exact) mass is 372 g/mol. The maximum absolute atomic E-state index is 6.05. The van der Waals surface area contributed by atoms with Crippen LogP contribution in [0.4, 0.5) is 5.82 Å². The van der Waals surface area contributed by atoms with Crippen LogP contribution in [0.25, 0.3) is 11.2 Å². The SMILES string of the molecule is Nc1nc(C2CC2)nc2c1nnn2C[C@H]1CN(Cc2nccs2)CCO1.